The minimum Gasteiger partial charge on any atom is -0.342 e. The van der Waals surface area contributed by atoms with Crippen molar-refractivity contribution in [2.75, 3.05) is 11.4 Å². The van der Waals surface area contributed by atoms with E-state index >= 15 is 0 Å². The van der Waals surface area contributed by atoms with E-state index in [0.717, 1.165) is 27.7 Å². The van der Waals surface area contributed by atoms with Crippen LogP contribution in [0.3, 0.4) is 0 Å². The zero-order valence-electron chi connectivity index (χ0n) is 10.5. The summed E-state index contributed by atoms with van der Waals surface area (Å²) in [6, 6.07) is 12.8. The summed E-state index contributed by atoms with van der Waals surface area (Å²) in [5.41, 5.74) is 3.32. The van der Waals surface area contributed by atoms with Crippen LogP contribution in [0.4, 0.5) is 15.8 Å². The normalized spacial score (nSPS) is 10.5. The van der Waals surface area contributed by atoms with E-state index in [0.29, 0.717) is 0 Å². The highest BCUT2D eigenvalue weighted by atomic mass is 79.9. The summed E-state index contributed by atoms with van der Waals surface area (Å²) in [5.74, 6) is -0.212. The molecule has 100 valence electrons. The zero-order chi connectivity index (χ0) is 13.8. The minimum atomic E-state index is -0.212. The van der Waals surface area contributed by atoms with Crippen LogP contribution in [0.1, 0.15) is 12.5 Å². The third kappa shape index (κ3) is 3.37. The van der Waals surface area contributed by atoms with Crippen molar-refractivity contribution in [2.45, 2.75) is 12.3 Å². The van der Waals surface area contributed by atoms with E-state index in [-0.39, 0.29) is 5.82 Å². The van der Waals surface area contributed by atoms with Gasteiger partial charge in [-0.05, 0) is 55.0 Å². The first-order valence-electron chi connectivity index (χ1n) is 6.03. The number of halogens is 3. The number of hydrogen-bond acceptors (Lipinski definition) is 1. The maximum atomic E-state index is 13.0. The molecule has 0 aliphatic carbocycles. The lowest BCUT2D eigenvalue weighted by Gasteiger charge is -2.25. The third-order valence-corrected chi connectivity index (χ3v) is 4.03. The smallest absolute Gasteiger partial charge is 0.123 e. The van der Waals surface area contributed by atoms with E-state index in [1.165, 1.54) is 17.7 Å². The highest BCUT2D eigenvalue weighted by molar-refractivity contribution is 9.10. The zero-order valence-corrected chi connectivity index (χ0v) is 13.7. The average molecular weight is 387 g/mol. The van der Waals surface area contributed by atoms with Gasteiger partial charge in [-0.2, -0.15) is 0 Å². The quantitative estimate of drug-likeness (QED) is 0.614. The number of rotatable bonds is 4. The lowest BCUT2D eigenvalue weighted by Crippen LogP contribution is -2.17. The summed E-state index contributed by atoms with van der Waals surface area (Å²) < 4.78 is 14.1. The largest absolute Gasteiger partial charge is 0.342 e. The van der Waals surface area contributed by atoms with Gasteiger partial charge in [0, 0.05) is 27.7 Å². The van der Waals surface area contributed by atoms with Gasteiger partial charge in [-0.15, -0.1) is 0 Å². The van der Waals surface area contributed by atoms with Crippen molar-refractivity contribution in [2.24, 2.45) is 0 Å². The van der Waals surface area contributed by atoms with Crippen molar-refractivity contribution >= 4 is 43.2 Å². The van der Waals surface area contributed by atoms with Gasteiger partial charge in [0.2, 0.25) is 0 Å². The van der Waals surface area contributed by atoms with Crippen molar-refractivity contribution < 1.29 is 4.39 Å². The molecule has 4 heteroatoms. The molecule has 0 aliphatic rings. The van der Waals surface area contributed by atoms with Gasteiger partial charge in [0.25, 0.3) is 0 Å². The molecule has 0 saturated carbocycles. The van der Waals surface area contributed by atoms with Crippen molar-refractivity contribution in [3.63, 3.8) is 0 Å². The van der Waals surface area contributed by atoms with Gasteiger partial charge in [-0.1, -0.05) is 31.9 Å². The number of nitrogens with zero attached hydrogens (tertiary/aromatic N) is 1. The van der Waals surface area contributed by atoms with Crippen LogP contribution in [0, 0.1) is 5.82 Å². The summed E-state index contributed by atoms with van der Waals surface area (Å²) in [7, 11) is 0. The van der Waals surface area contributed by atoms with Crippen LogP contribution in [-0.2, 0) is 5.33 Å². The molecular weight excluding hydrogens is 373 g/mol. The summed E-state index contributed by atoms with van der Waals surface area (Å²) in [5, 5.41) is 0.777. The van der Waals surface area contributed by atoms with Crippen molar-refractivity contribution in [3.05, 3.63) is 58.3 Å². The highest BCUT2D eigenvalue weighted by Gasteiger charge is 2.11. The summed E-state index contributed by atoms with van der Waals surface area (Å²) in [4.78, 5) is 2.17. The maximum Gasteiger partial charge on any atom is 0.123 e. The van der Waals surface area contributed by atoms with Gasteiger partial charge in [0.15, 0.2) is 0 Å². The second-order valence-corrected chi connectivity index (χ2v) is 5.60. The molecule has 2 aromatic carbocycles. The van der Waals surface area contributed by atoms with Gasteiger partial charge in [-0.25, -0.2) is 4.39 Å². The molecule has 0 fully saturated rings. The van der Waals surface area contributed by atoms with Crippen LogP contribution < -0.4 is 4.90 Å². The Kier molecular flexibility index (Phi) is 4.99. The SMILES string of the molecule is CCN(c1ccc(F)cc1)c1ccc(Br)cc1CBr. The van der Waals surface area contributed by atoms with E-state index in [2.05, 4.69) is 55.8 Å². The molecule has 0 spiro atoms. The number of alkyl halides is 1. The standard InChI is InChI=1S/C15H14Br2FN/c1-2-19(14-6-4-13(18)5-7-14)15-8-3-12(17)9-11(15)10-16/h3-9H,2,10H2,1H3. The van der Waals surface area contributed by atoms with Crippen LogP contribution in [0.15, 0.2) is 46.9 Å². The first-order chi connectivity index (χ1) is 9.15. The molecule has 0 radical (unpaired) electrons. The van der Waals surface area contributed by atoms with Crippen molar-refractivity contribution in [1.82, 2.24) is 0 Å². The predicted molar refractivity (Wildman–Crippen MR) is 85.9 cm³/mol. The molecule has 0 bridgehead atoms. The molecule has 0 aliphatic heterocycles. The molecule has 2 aromatic rings. The van der Waals surface area contributed by atoms with Crippen molar-refractivity contribution in [3.8, 4) is 0 Å². The maximum absolute atomic E-state index is 13.0. The van der Waals surface area contributed by atoms with Gasteiger partial charge in [0.1, 0.15) is 5.82 Å². The molecule has 0 unspecified atom stereocenters. The minimum absolute atomic E-state index is 0.212. The Morgan fingerprint density at radius 1 is 1.11 bits per heavy atom. The molecular formula is C15H14Br2FN. The van der Waals surface area contributed by atoms with E-state index in [4.69, 9.17) is 0 Å². The van der Waals surface area contributed by atoms with Crippen molar-refractivity contribution in [1.29, 1.82) is 0 Å². The van der Waals surface area contributed by atoms with E-state index in [9.17, 15) is 4.39 Å². The fourth-order valence-corrected chi connectivity index (χ4v) is 2.90. The Morgan fingerprint density at radius 2 is 1.79 bits per heavy atom. The lowest BCUT2D eigenvalue weighted by molar-refractivity contribution is 0.628. The molecule has 1 nitrogen and oxygen atoms in total. The molecule has 2 rings (SSSR count). The van der Waals surface area contributed by atoms with Gasteiger partial charge < -0.3 is 4.90 Å². The Balaban J connectivity index is 2.44. The summed E-state index contributed by atoms with van der Waals surface area (Å²) >= 11 is 7.00. The Labute approximate surface area is 129 Å². The topological polar surface area (TPSA) is 3.24 Å². The number of benzene rings is 2. The number of hydrogen-bond donors (Lipinski definition) is 0. The van der Waals surface area contributed by atoms with Crippen LogP contribution >= 0.6 is 31.9 Å². The molecule has 0 aromatic heterocycles. The highest BCUT2D eigenvalue weighted by Crippen LogP contribution is 2.31. The number of anilines is 2. The average Bonchev–Trinajstić information content (AvgIpc) is 2.43. The summed E-state index contributed by atoms with van der Waals surface area (Å²) in [6.45, 7) is 2.91. The monoisotopic (exact) mass is 385 g/mol. The fraction of sp³-hybridized carbons (Fsp3) is 0.200. The Hall–Kier alpha value is -0.870. The molecule has 0 amide bonds. The van der Waals surface area contributed by atoms with E-state index in [1.807, 2.05) is 6.07 Å². The van der Waals surface area contributed by atoms with Crippen LogP contribution in [-0.4, -0.2) is 6.54 Å². The molecule has 0 N–H and O–H groups in total. The van der Waals surface area contributed by atoms with Crippen LogP contribution in [0.2, 0.25) is 0 Å². The van der Waals surface area contributed by atoms with E-state index < -0.39 is 0 Å². The molecule has 0 saturated heterocycles. The Morgan fingerprint density at radius 3 is 2.37 bits per heavy atom. The first-order valence-corrected chi connectivity index (χ1v) is 7.94. The lowest BCUT2D eigenvalue weighted by atomic mass is 10.1. The van der Waals surface area contributed by atoms with Gasteiger partial charge >= 0.3 is 0 Å². The second kappa shape index (κ2) is 6.53. The molecule has 0 atom stereocenters. The van der Waals surface area contributed by atoms with Gasteiger partial charge in [0.05, 0.1) is 0 Å². The second-order valence-electron chi connectivity index (χ2n) is 4.13. The molecule has 0 heterocycles. The van der Waals surface area contributed by atoms with E-state index in [1.54, 1.807) is 12.1 Å². The Bertz CT molecular complexity index is 555. The van der Waals surface area contributed by atoms with Crippen LogP contribution in [0.25, 0.3) is 0 Å². The predicted octanol–water partition coefficient (Wildman–Crippen LogP) is 5.64. The first kappa shape index (κ1) is 14.5. The molecule has 19 heavy (non-hydrogen) atoms. The van der Waals surface area contributed by atoms with Crippen LogP contribution in [0.5, 0.6) is 0 Å². The third-order valence-electron chi connectivity index (χ3n) is 2.93. The summed E-state index contributed by atoms with van der Waals surface area (Å²) in [6.07, 6.45) is 0. The van der Waals surface area contributed by atoms with Gasteiger partial charge in [-0.3, -0.25) is 0 Å². The fourth-order valence-electron chi connectivity index (χ4n) is 2.04.